The lowest BCUT2D eigenvalue weighted by atomic mass is 10.1. The number of aromatic nitrogens is 3. The van der Waals surface area contributed by atoms with Crippen LogP contribution in [-0.4, -0.2) is 14.8 Å². The zero-order valence-electron chi connectivity index (χ0n) is 20.3. The summed E-state index contributed by atoms with van der Waals surface area (Å²) < 4.78 is 37.0. The number of ether oxygens (including phenoxy) is 1. The third kappa shape index (κ3) is 5.85. The lowest BCUT2D eigenvalue weighted by Crippen LogP contribution is -2.25. The monoisotopic (exact) mass is 507 g/mol. The van der Waals surface area contributed by atoms with Gasteiger partial charge in [0.05, 0.1) is 24.7 Å². The molecule has 0 fully saturated rings. The molecule has 0 amide bonds. The highest BCUT2D eigenvalue weighted by molar-refractivity contribution is 5.50. The SMILES string of the molecule is N#Cc1ccc(Cn2cnnc2CN(Cc2c(F)cccc2F)c2ccc(Oc3ccccc3)cc2)cc1. The molecular formula is C30H23F2N5O. The predicted molar refractivity (Wildman–Crippen MR) is 139 cm³/mol. The summed E-state index contributed by atoms with van der Waals surface area (Å²) >= 11 is 0. The number of nitriles is 1. The van der Waals surface area contributed by atoms with Gasteiger partial charge >= 0.3 is 0 Å². The lowest BCUT2D eigenvalue weighted by molar-refractivity contribution is 0.482. The molecule has 5 aromatic rings. The molecule has 0 aliphatic heterocycles. The van der Waals surface area contributed by atoms with Gasteiger partial charge in [0, 0.05) is 17.8 Å². The summed E-state index contributed by atoms with van der Waals surface area (Å²) in [5.74, 6) is 0.745. The highest BCUT2D eigenvalue weighted by atomic mass is 19.1. The van der Waals surface area contributed by atoms with Crippen LogP contribution in [0.4, 0.5) is 14.5 Å². The summed E-state index contributed by atoms with van der Waals surface area (Å²) in [6, 6.07) is 30.0. The van der Waals surface area contributed by atoms with E-state index >= 15 is 0 Å². The molecule has 0 atom stereocenters. The third-order valence-electron chi connectivity index (χ3n) is 6.06. The minimum absolute atomic E-state index is 0.0128. The van der Waals surface area contributed by atoms with Crippen LogP contribution in [0.5, 0.6) is 11.5 Å². The van der Waals surface area contributed by atoms with Crippen LogP contribution in [0.1, 0.15) is 22.5 Å². The highest BCUT2D eigenvalue weighted by Crippen LogP contribution is 2.27. The molecule has 0 N–H and O–H groups in total. The van der Waals surface area contributed by atoms with Crippen molar-refractivity contribution in [3.8, 4) is 17.6 Å². The van der Waals surface area contributed by atoms with Gasteiger partial charge in [0.15, 0.2) is 5.82 Å². The molecule has 188 valence electrons. The first-order chi connectivity index (χ1) is 18.6. The Morgan fingerprint density at radius 1 is 0.789 bits per heavy atom. The fourth-order valence-corrected chi connectivity index (χ4v) is 4.05. The Labute approximate surface area is 219 Å². The summed E-state index contributed by atoms with van der Waals surface area (Å²) in [5.41, 5.74) is 2.26. The fourth-order valence-electron chi connectivity index (χ4n) is 4.05. The molecular weight excluding hydrogens is 484 g/mol. The van der Waals surface area contributed by atoms with Crippen LogP contribution in [0, 0.1) is 23.0 Å². The van der Waals surface area contributed by atoms with Crippen LogP contribution >= 0.6 is 0 Å². The molecule has 4 aromatic carbocycles. The topological polar surface area (TPSA) is 67.0 Å². The molecule has 0 unspecified atom stereocenters. The first kappa shape index (κ1) is 24.7. The van der Waals surface area contributed by atoms with Crippen molar-refractivity contribution in [3.05, 3.63) is 138 Å². The zero-order chi connectivity index (χ0) is 26.3. The van der Waals surface area contributed by atoms with E-state index in [2.05, 4.69) is 16.3 Å². The second-order valence-electron chi connectivity index (χ2n) is 8.65. The maximum absolute atomic E-state index is 14.6. The van der Waals surface area contributed by atoms with E-state index in [1.807, 2.05) is 76.2 Å². The lowest BCUT2D eigenvalue weighted by Gasteiger charge is -2.25. The van der Waals surface area contributed by atoms with E-state index in [9.17, 15) is 8.78 Å². The number of hydrogen-bond donors (Lipinski definition) is 0. The molecule has 0 spiro atoms. The van der Waals surface area contributed by atoms with Gasteiger partial charge in [0.2, 0.25) is 0 Å². The fraction of sp³-hybridized carbons (Fsp3) is 0.100. The minimum atomic E-state index is -0.613. The van der Waals surface area contributed by atoms with Gasteiger partial charge in [-0.1, -0.05) is 36.4 Å². The van der Waals surface area contributed by atoms with Crippen LogP contribution in [0.3, 0.4) is 0 Å². The van der Waals surface area contributed by atoms with E-state index in [0.717, 1.165) is 11.3 Å². The molecule has 0 radical (unpaired) electrons. The maximum atomic E-state index is 14.6. The molecule has 1 aromatic heterocycles. The van der Waals surface area contributed by atoms with Gasteiger partial charge in [-0.25, -0.2) is 8.78 Å². The van der Waals surface area contributed by atoms with E-state index in [-0.39, 0.29) is 18.7 Å². The summed E-state index contributed by atoms with van der Waals surface area (Å²) in [6.45, 7) is 0.726. The molecule has 0 saturated carbocycles. The van der Waals surface area contributed by atoms with Crippen molar-refractivity contribution >= 4 is 5.69 Å². The summed E-state index contributed by atoms with van der Waals surface area (Å²) in [5, 5.41) is 17.4. The normalized spacial score (nSPS) is 10.7. The molecule has 0 saturated heterocycles. The van der Waals surface area contributed by atoms with Gasteiger partial charge in [0.25, 0.3) is 0 Å². The van der Waals surface area contributed by atoms with Gasteiger partial charge in [-0.3, -0.25) is 0 Å². The van der Waals surface area contributed by atoms with E-state index in [1.54, 1.807) is 18.5 Å². The van der Waals surface area contributed by atoms with Gasteiger partial charge in [0.1, 0.15) is 29.5 Å². The molecule has 38 heavy (non-hydrogen) atoms. The molecule has 6 nitrogen and oxygen atoms in total. The Bertz CT molecular complexity index is 1520. The average molecular weight is 508 g/mol. The van der Waals surface area contributed by atoms with Crippen LogP contribution in [0.15, 0.2) is 103 Å². The first-order valence-corrected chi connectivity index (χ1v) is 12.0. The van der Waals surface area contributed by atoms with Crippen molar-refractivity contribution < 1.29 is 13.5 Å². The molecule has 1 heterocycles. The first-order valence-electron chi connectivity index (χ1n) is 12.0. The summed E-state index contributed by atoms with van der Waals surface area (Å²) in [4.78, 5) is 1.84. The summed E-state index contributed by atoms with van der Waals surface area (Å²) in [6.07, 6.45) is 1.62. The smallest absolute Gasteiger partial charge is 0.152 e. The minimum Gasteiger partial charge on any atom is -0.457 e. The number of halogens is 2. The van der Waals surface area contributed by atoms with Gasteiger partial charge in [-0.15, -0.1) is 10.2 Å². The number of para-hydroxylation sites is 1. The van der Waals surface area contributed by atoms with Gasteiger partial charge in [-0.05, 0) is 66.2 Å². The Kier molecular flexibility index (Phi) is 7.37. The molecule has 0 aliphatic carbocycles. The van der Waals surface area contributed by atoms with Crippen LogP contribution in [-0.2, 0) is 19.6 Å². The van der Waals surface area contributed by atoms with Gasteiger partial charge < -0.3 is 14.2 Å². The van der Waals surface area contributed by atoms with Crippen molar-refractivity contribution in [3.63, 3.8) is 0 Å². The standard InChI is InChI=1S/C30H23F2N5O/c31-28-7-4-8-29(32)27(28)19-36(24-13-15-26(16-14-24)38-25-5-2-1-3-6-25)20-30-35-34-21-37(30)18-23-11-9-22(17-33)10-12-23/h1-16,21H,18-20H2. The number of rotatable bonds is 9. The second-order valence-corrected chi connectivity index (χ2v) is 8.65. The molecule has 0 bridgehead atoms. The number of hydrogen-bond acceptors (Lipinski definition) is 5. The van der Waals surface area contributed by atoms with Crippen molar-refractivity contribution in [1.82, 2.24) is 14.8 Å². The van der Waals surface area contributed by atoms with E-state index < -0.39 is 11.6 Å². The third-order valence-corrected chi connectivity index (χ3v) is 6.06. The maximum Gasteiger partial charge on any atom is 0.152 e. The Hall–Kier alpha value is -5.03. The quantitative estimate of drug-likeness (QED) is 0.229. The molecule has 8 heteroatoms. The number of nitrogens with zero attached hydrogens (tertiary/aromatic N) is 5. The van der Waals surface area contributed by atoms with E-state index in [0.29, 0.717) is 29.4 Å². The Morgan fingerprint density at radius 2 is 1.47 bits per heavy atom. The van der Waals surface area contributed by atoms with Gasteiger partial charge in [-0.2, -0.15) is 5.26 Å². The second kappa shape index (κ2) is 11.4. The van der Waals surface area contributed by atoms with Crippen molar-refractivity contribution in [1.29, 1.82) is 5.26 Å². The van der Waals surface area contributed by atoms with Crippen LogP contribution in [0.2, 0.25) is 0 Å². The Balaban J connectivity index is 1.41. The average Bonchev–Trinajstić information content (AvgIpc) is 3.38. The van der Waals surface area contributed by atoms with E-state index in [1.165, 1.54) is 18.2 Å². The number of anilines is 1. The van der Waals surface area contributed by atoms with Crippen LogP contribution in [0.25, 0.3) is 0 Å². The molecule has 5 rings (SSSR count). The van der Waals surface area contributed by atoms with Crippen molar-refractivity contribution in [2.24, 2.45) is 0 Å². The van der Waals surface area contributed by atoms with Crippen molar-refractivity contribution in [2.75, 3.05) is 4.90 Å². The zero-order valence-corrected chi connectivity index (χ0v) is 20.3. The number of benzene rings is 4. The Morgan fingerprint density at radius 3 is 2.16 bits per heavy atom. The summed E-state index contributed by atoms with van der Waals surface area (Å²) in [7, 11) is 0. The van der Waals surface area contributed by atoms with Crippen molar-refractivity contribution in [2.45, 2.75) is 19.6 Å². The molecule has 0 aliphatic rings. The predicted octanol–water partition coefficient (Wildman–Crippen LogP) is 6.48. The highest BCUT2D eigenvalue weighted by Gasteiger charge is 2.18. The largest absolute Gasteiger partial charge is 0.457 e. The van der Waals surface area contributed by atoms with E-state index in [4.69, 9.17) is 10.00 Å². The van der Waals surface area contributed by atoms with Crippen LogP contribution < -0.4 is 9.64 Å².